The van der Waals surface area contributed by atoms with Crippen molar-refractivity contribution in [2.75, 3.05) is 0 Å². The van der Waals surface area contributed by atoms with Crippen LogP contribution in [0, 0.1) is 94.7 Å². The quantitative estimate of drug-likeness (QED) is 0.105. The first-order valence-corrected chi connectivity index (χ1v) is 54.7. The molecular weight excluding hydrogens is 1890 g/mol. The van der Waals surface area contributed by atoms with Gasteiger partial charge in [-0.1, -0.05) is 77.0 Å². The van der Waals surface area contributed by atoms with E-state index in [1.807, 2.05) is 51.9 Å². The molecule has 0 spiro atoms. The van der Waals surface area contributed by atoms with Crippen LogP contribution in [0.1, 0.15) is 167 Å². The van der Waals surface area contributed by atoms with Crippen molar-refractivity contribution in [3.8, 4) is 0 Å². The zero-order valence-corrected chi connectivity index (χ0v) is 72.3. The fourth-order valence-electron chi connectivity index (χ4n) is 25.9. The molecule has 10 heterocycles. The molecule has 634 valence electrons. The second-order valence-corrected chi connectivity index (χ2v) is 44.1. The average molecular weight is 2000 g/mol. The second kappa shape index (κ2) is 35.4. The SMILES string of the molecule is O=S(=O)([O-])C1CC2C3NC4NC(NC5NC(NC6NC(NC(N3)C2C(S(=O)(=O)[O-])C1S(=O)(=O)[O-])C1CCCCC61)C1CCCCC51)C1CCCCC41.O=S(=O)([O-])C1CC2C3NC4NC(NC5NC(NC6NC(NC(N3)C2C(S(=O)(=O)[O-])C1S(=O)(=O)[O-])C1CCCCC61)C1CCCCC51)C1CCCCC41.[Cl][Rh+2].[Cl][Rh+2].[Cl][Rh+2]. The van der Waals surface area contributed by atoms with Gasteiger partial charge in [-0.25, -0.2) is 50.5 Å². The van der Waals surface area contributed by atoms with Gasteiger partial charge in [-0.15, -0.1) is 0 Å². The Labute approximate surface area is 690 Å². The van der Waals surface area contributed by atoms with Gasteiger partial charge in [0.05, 0.1) is 171 Å². The van der Waals surface area contributed by atoms with Crippen molar-refractivity contribution in [2.24, 2.45) is 94.7 Å². The Bertz CT molecular complexity index is 3700. The zero-order chi connectivity index (χ0) is 78.6. The number of halogens is 3. The minimum atomic E-state index is -5.73. The Hall–Kier alpha value is 1.56. The van der Waals surface area contributed by atoms with E-state index in [4.69, 9.17) is 0 Å². The van der Waals surface area contributed by atoms with Crippen LogP contribution in [0.25, 0.3) is 0 Å². The topological polar surface area (TPSA) is 536 Å². The third kappa shape index (κ3) is 17.5. The number of rotatable bonds is 6. The van der Waals surface area contributed by atoms with Crippen LogP contribution in [-0.2, 0) is 113 Å². The van der Waals surface area contributed by atoms with E-state index in [-0.39, 0.29) is 121 Å². The van der Waals surface area contributed by atoms with E-state index >= 15 is 0 Å². The first-order chi connectivity index (χ1) is 52.3. The molecule has 8 aliphatic carbocycles. The van der Waals surface area contributed by atoms with Crippen LogP contribution >= 0.6 is 29.1 Å². The van der Waals surface area contributed by atoms with Crippen molar-refractivity contribution in [1.29, 1.82) is 0 Å². The summed E-state index contributed by atoms with van der Waals surface area (Å²) in [6.45, 7) is 0. The molecule has 0 aromatic heterocycles. The van der Waals surface area contributed by atoms with Crippen LogP contribution in [-0.4, -0.2) is 208 Å². The van der Waals surface area contributed by atoms with E-state index in [0.29, 0.717) is 23.7 Å². The van der Waals surface area contributed by atoms with Crippen LogP contribution < -0.4 is 85.1 Å². The minimum absolute atomic E-state index is 0.0387. The molecule has 38 unspecified atom stereocenters. The maximum absolute atomic E-state index is 13.1. The Balaban J connectivity index is 0.000000172. The first kappa shape index (κ1) is 87.9. The molecule has 16 N–H and O–H groups in total. The van der Waals surface area contributed by atoms with Crippen molar-refractivity contribution in [1.82, 2.24) is 85.1 Å². The summed E-state index contributed by atoms with van der Waals surface area (Å²) in [7, 11) is -20.1. The molecule has 18 rings (SSSR count). The summed E-state index contributed by atoms with van der Waals surface area (Å²) in [6, 6.07) is 0. The first-order valence-electron chi connectivity index (χ1n) is 39.6. The Morgan fingerprint density at radius 2 is 0.318 bits per heavy atom. The Morgan fingerprint density at radius 3 is 0.445 bits per heavy atom. The molecule has 8 saturated carbocycles. The van der Waals surface area contributed by atoms with E-state index in [2.05, 4.69) is 114 Å². The van der Waals surface area contributed by atoms with E-state index in [9.17, 15) is 77.8 Å². The van der Waals surface area contributed by atoms with Gasteiger partial charge in [0, 0.05) is 11.8 Å². The fourth-order valence-corrected chi connectivity index (χ4v) is 35.8. The Kier molecular flexibility index (Phi) is 28.3. The summed E-state index contributed by atoms with van der Waals surface area (Å²) < 4.78 is 231. The fraction of sp³-hybridized carbons (Fsp3) is 1.00. The molecular formula is C64H106Cl3N16O18Rh3S6. The van der Waals surface area contributed by atoms with Gasteiger partial charge in [0.15, 0.2) is 0 Å². The average Bonchev–Trinajstić information content (AvgIpc) is 1.45. The third-order valence-electron chi connectivity index (χ3n) is 30.0. The van der Waals surface area contributed by atoms with Gasteiger partial charge in [-0.3, -0.25) is 85.1 Å². The molecule has 18 fully saturated rings. The van der Waals surface area contributed by atoms with Crippen LogP contribution in [0.5, 0.6) is 0 Å². The molecule has 10 saturated heterocycles. The van der Waals surface area contributed by atoms with Crippen LogP contribution in [0.4, 0.5) is 0 Å². The van der Waals surface area contributed by atoms with Crippen LogP contribution in [0.2, 0.25) is 0 Å². The normalized spacial score (nSPS) is 49.6. The molecule has 0 radical (unpaired) electrons. The van der Waals surface area contributed by atoms with Gasteiger partial charge in [0.2, 0.25) is 0 Å². The van der Waals surface area contributed by atoms with E-state index in [1.165, 1.54) is 25.7 Å². The van der Waals surface area contributed by atoms with Crippen LogP contribution in [0.15, 0.2) is 0 Å². The molecule has 0 aromatic rings. The van der Waals surface area contributed by atoms with Gasteiger partial charge in [0.1, 0.15) is 20.2 Å². The summed E-state index contributed by atoms with van der Waals surface area (Å²) in [4.78, 5) is 0. The molecule has 34 nitrogen and oxygen atoms in total. The van der Waals surface area contributed by atoms with E-state index in [1.54, 1.807) is 0 Å². The third-order valence-corrected chi connectivity index (χ3v) is 38.2. The second-order valence-electron chi connectivity index (χ2n) is 34.8. The molecule has 46 heteroatoms. The van der Waals surface area contributed by atoms with Crippen molar-refractivity contribution in [3.63, 3.8) is 0 Å². The molecule has 10 aliphatic heterocycles. The summed E-state index contributed by atoms with van der Waals surface area (Å²) in [6.07, 6.45) is 19.5. The number of hydrogen-bond acceptors (Lipinski definition) is 34. The molecule has 38 atom stereocenters. The van der Waals surface area contributed by atoms with E-state index in [0.717, 1.165) is 128 Å². The van der Waals surface area contributed by atoms with Gasteiger partial charge >= 0.3 is 81.0 Å². The molecule has 0 amide bonds. The molecule has 18 aliphatic rings. The predicted molar refractivity (Wildman–Crippen MR) is 385 cm³/mol. The van der Waals surface area contributed by atoms with Crippen molar-refractivity contribution >= 4 is 89.8 Å². The summed E-state index contributed by atoms with van der Waals surface area (Å²) in [5.41, 5.74) is 0. The number of nitrogens with one attached hydrogen (secondary N) is 16. The summed E-state index contributed by atoms with van der Waals surface area (Å²) in [5.74, 6) is -1.00. The van der Waals surface area contributed by atoms with Gasteiger partial charge < -0.3 is 27.3 Å². The standard InChI is InChI=1S/2C32H56N8O9S3.3ClH.3Rh/c2*41-50(42,43)21-13-20-22(24(52(47,48)49)23(21)51(44,45)46)32-39-30-19-12-6-5-11-18(19)28(37-30)35-26-15-8-2-1-7-14(15)25(33-26)34-27-16-9-3-4-10-17(16)29(36-27)38-31(20)40-32;;;;;;/h2*14-40H,1-13H2,(H,41,42,43)(H,44,45,46)(H,47,48,49);3*1H;;;/q;;;;;3*+3/p-9. The Morgan fingerprint density at radius 1 is 0.191 bits per heavy atom. The zero-order valence-electron chi connectivity index (χ0n) is 60.3. The van der Waals surface area contributed by atoms with Crippen molar-refractivity contribution in [3.05, 3.63) is 0 Å². The van der Waals surface area contributed by atoms with Crippen molar-refractivity contribution < 1.29 is 130 Å². The maximum atomic E-state index is 13.1. The van der Waals surface area contributed by atoms with Crippen LogP contribution in [0.3, 0.4) is 0 Å². The molecule has 110 heavy (non-hydrogen) atoms. The van der Waals surface area contributed by atoms with Gasteiger partial charge in [-0.05, 0) is 173 Å². The molecule has 16 bridgehead atoms. The number of fused-ring (bicyclic) bond motifs is 40. The predicted octanol–water partition coefficient (Wildman–Crippen LogP) is -1.59. The van der Waals surface area contributed by atoms with Gasteiger partial charge in [0.25, 0.3) is 0 Å². The van der Waals surface area contributed by atoms with Gasteiger partial charge in [-0.2, -0.15) is 0 Å². The number of hydrogen-bond donors (Lipinski definition) is 16. The monoisotopic (exact) mass is 1990 g/mol. The van der Waals surface area contributed by atoms with E-state index < -0.39 is 153 Å². The van der Waals surface area contributed by atoms with Crippen molar-refractivity contribution in [2.45, 2.75) is 297 Å². The summed E-state index contributed by atoms with van der Waals surface area (Å²) >= 11 is 6.07. The summed E-state index contributed by atoms with van der Waals surface area (Å²) in [5, 5.41) is 45.1. The molecule has 0 aromatic carbocycles.